The van der Waals surface area contributed by atoms with Crippen molar-refractivity contribution in [3.8, 4) is 11.1 Å². The molecule has 49 heavy (non-hydrogen) atoms. The normalized spacial score (nSPS) is 23.8. The zero-order chi connectivity index (χ0) is 35.1. The summed E-state index contributed by atoms with van der Waals surface area (Å²) >= 11 is 0. The van der Waals surface area contributed by atoms with Crippen LogP contribution < -0.4 is 10.6 Å². The number of aryl methyl sites for hydroxylation is 2. The summed E-state index contributed by atoms with van der Waals surface area (Å²) in [6.07, 6.45) is 3.61. The van der Waals surface area contributed by atoms with E-state index in [1.807, 2.05) is 12.1 Å². The standard InChI is InChI=1S/C34H40F3N7O5/c1-19(17-49-34(35,36)37)41-32(48)26-12-33-13-27(33)44(26)29(47)16-43-31-22(8-6-4-5-7-9-28(46)40-18-33)10-23(24-14-38-21(3)39-15-24)11-25(31)30(42-43)20(2)45/h10-11,14-15,19,26-27H,4-9,12-13,16-18H2,1-3H3,(H,40,46)(H,41,48)/t19-,26-,27+,33-/m0/s1. The molecule has 1 aliphatic carbocycles. The van der Waals surface area contributed by atoms with Gasteiger partial charge >= 0.3 is 6.36 Å². The van der Waals surface area contributed by atoms with E-state index in [-0.39, 0.29) is 42.9 Å². The Morgan fingerprint density at radius 3 is 2.49 bits per heavy atom. The van der Waals surface area contributed by atoms with Crippen LogP contribution in [0.15, 0.2) is 24.5 Å². The Morgan fingerprint density at radius 2 is 1.80 bits per heavy atom. The van der Waals surface area contributed by atoms with Crippen LogP contribution >= 0.6 is 0 Å². The number of ketones is 1. The summed E-state index contributed by atoms with van der Waals surface area (Å²) in [4.78, 5) is 63.6. The van der Waals surface area contributed by atoms with Crippen molar-refractivity contribution < 1.29 is 37.1 Å². The van der Waals surface area contributed by atoms with Crippen molar-refractivity contribution >= 4 is 34.4 Å². The molecule has 6 rings (SSSR count). The highest BCUT2D eigenvalue weighted by Crippen LogP contribution is 2.59. The lowest BCUT2D eigenvalue weighted by Crippen LogP contribution is -2.51. The van der Waals surface area contributed by atoms with Crippen LogP contribution in [-0.2, 0) is 32.1 Å². The fourth-order valence-electron chi connectivity index (χ4n) is 7.27. The van der Waals surface area contributed by atoms with Gasteiger partial charge < -0.3 is 15.5 Å². The van der Waals surface area contributed by atoms with Crippen LogP contribution in [0.1, 0.15) is 80.7 Å². The number of halogens is 3. The first kappa shape index (κ1) is 34.5. The Kier molecular flexibility index (Phi) is 9.48. The number of Topliss-reactive ketones (excluding diaryl/α,β-unsaturated/α-hetero) is 1. The van der Waals surface area contributed by atoms with Crippen molar-refractivity contribution in [2.24, 2.45) is 5.41 Å². The van der Waals surface area contributed by atoms with Gasteiger partial charge in [0.2, 0.25) is 17.7 Å². The highest BCUT2D eigenvalue weighted by molar-refractivity contribution is 6.07. The van der Waals surface area contributed by atoms with Gasteiger partial charge in [0.05, 0.1) is 12.1 Å². The summed E-state index contributed by atoms with van der Waals surface area (Å²) < 4.78 is 43.4. The van der Waals surface area contributed by atoms with Gasteiger partial charge in [0.1, 0.15) is 24.1 Å². The maximum absolute atomic E-state index is 14.2. The molecule has 4 heterocycles. The van der Waals surface area contributed by atoms with Crippen molar-refractivity contribution in [1.29, 1.82) is 0 Å². The highest BCUT2D eigenvalue weighted by atomic mass is 19.4. The molecule has 12 nitrogen and oxygen atoms in total. The summed E-state index contributed by atoms with van der Waals surface area (Å²) in [5, 5.41) is 10.8. The summed E-state index contributed by atoms with van der Waals surface area (Å²) in [6, 6.07) is 1.56. The van der Waals surface area contributed by atoms with E-state index in [0.717, 1.165) is 36.0 Å². The number of alkyl halides is 3. The van der Waals surface area contributed by atoms with Crippen LogP contribution in [-0.4, -0.2) is 85.8 Å². The molecule has 0 unspecified atom stereocenters. The molecule has 1 saturated heterocycles. The number of benzene rings is 1. The summed E-state index contributed by atoms with van der Waals surface area (Å²) in [6.45, 7) is 3.84. The molecule has 3 amide bonds. The smallest absolute Gasteiger partial charge is 0.355 e. The average molecular weight is 684 g/mol. The summed E-state index contributed by atoms with van der Waals surface area (Å²) in [7, 11) is 0. The van der Waals surface area contributed by atoms with E-state index in [1.54, 1.807) is 19.3 Å². The third-order valence-corrected chi connectivity index (χ3v) is 9.79. The van der Waals surface area contributed by atoms with Crippen LogP contribution in [0.3, 0.4) is 0 Å². The van der Waals surface area contributed by atoms with Crippen LogP contribution in [0.25, 0.3) is 22.0 Å². The molecule has 2 fully saturated rings. The van der Waals surface area contributed by atoms with Gasteiger partial charge in [0.15, 0.2) is 5.78 Å². The minimum Gasteiger partial charge on any atom is -0.355 e. The van der Waals surface area contributed by atoms with E-state index in [2.05, 4.69) is 30.4 Å². The number of nitrogens with one attached hydrogen (secondary N) is 2. The van der Waals surface area contributed by atoms with E-state index in [1.165, 1.54) is 23.4 Å². The minimum atomic E-state index is -4.85. The van der Waals surface area contributed by atoms with E-state index in [0.29, 0.717) is 42.4 Å². The first-order chi connectivity index (χ1) is 23.2. The van der Waals surface area contributed by atoms with Crippen LogP contribution in [0.5, 0.6) is 0 Å². The third-order valence-electron chi connectivity index (χ3n) is 9.79. The molecule has 1 saturated carbocycles. The fourth-order valence-corrected chi connectivity index (χ4v) is 7.27. The maximum atomic E-state index is 14.2. The predicted octanol–water partition coefficient (Wildman–Crippen LogP) is 4.03. The molecule has 0 radical (unpaired) electrons. The fraction of sp³-hybridized carbons (Fsp3) is 0.559. The zero-order valence-corrected chi connectivity index (χ0v) is 27.7. The van der Waals surface area contributed by atoms with Crippen LogP contribution in [0.4, 0.5) is 13.2 Å². The molecule has 4 atom stereocenters. The molecule has 2 bridgehead atoms. The topological polar surface area (TPSA) is 148 Å². The van der Waals surface area contributed by atoms with Gasteiger partial charge in [-0.1, -0.05) is 12.8 Å². The molecule has 262 valence electrons. The summed E-state index contributed by atoms with van der Waals surface area (Å²) in [5.41, 5.74) is 2.80. The lowest BCUT2D eigenvalue weighted by molar-refractivity contribution is -0.326. The number of piperidine rings is 1. The Balaban J connectivity index is 1.37. The van der Waals surface area contributed by atoms with E-state index in [4.69, 9.17) is 0 Å². The number of hydrogen-bond donors (Lipinski definition) is 2. The van der Waals surface area contributed by atoms with Crippen molar-refractivity contribution in [3.05, 3.63) is 41.6 Å². The van der Waals surface area contributed by atoms with Crippen LogP contribution in [0, 0.1) is 12.3 Å². The monoisotopic (exact) mass is 683 g/mol. The lowest BCUT2D eigenvalue weighted by Gasteiger charge is -2.28. The first-order valence-corrected chi connectivity index (χ1v) is 16.7. The number of rotatable bonds is 6. The number of nitrogens with zero attached hydrogens (tertiary/aromatic N) is 5. The Labute approximate surface area is 281 Å². The average Bonchev–Trinajstić information content (AvgIpc) is 3.45. The van der Waals surface area contributed by atoms with Gasteiger partial charge in [-0.2, -0.15) is 5.10 Å². The van der Waals surface area contributed by atoms with Crippen molar-refractivity contribution in [3.63, 3.8) is 0 Å². The first-order valence-electron chi connectivity index (χ1n) is 16.7. The molecule has 2 aromatic heterocycles. The quantitative estimate of drug-likeness (QED) is 0.370. The van der Waals surface area contributed by atoms with Gasteiger partial charge in [0, 0.05) is 60.7 Å². The van der Waals surface area contributed by atoms with Gasteiger partial charge in [-0.3, -0.25) is 28.6 Å². The maximum Gasteiger partial charge on any atom is 0.522 e. The van der Waals surface area contributed by atoms with Crippen molar-refractivity contribution in [2.45, 2.75) is 103 Å². The van der Waals surface area contributed by atoms with Gasteiger partial charge in [-0.25, -0.2) is 9.97 Å². The van der Waals surface area contributed by atoms with Crippen molar-refractivity contribution in [1.82, 2.24) is 35.3 Å². The molecule has 15 heteroatoms. The SMILES string of the molecule is CC(=O)c1nn2c3c(cc(-c4cnc(C)nc4)cc13)CCCCCCC(=O)NC[C@@]13C[C@@H](C(=O)N[C@@H](C)COC(F)(F)F)N(C(=O)C2)[C@@H]1C3. The third kappa shape index (κ3) is 7.46. The molecule has 2 aliphatic heterocycles. The minimum absolute atomic E-state index is 0.0975. The predicted molar refractivity (Wildman–Crippen MR) is 171 cm³/mol. The molecular weight excluding hydrogens is 643 g/mol. The largest absolute Gasteiger partial charge is 0.522 e. The number of aromatic nitrogens is 4. The molecular formula is C34H40F3N7O5. The zero-order valence-electron chi connectivity index (χ0n) is 27.7. The Bertz CT molecular complexity index is 1780. The van der Waals surface area contributed by atoms with E-state index in [9.17, 15) is 32.3 Å². The number of amides is 3. The van der Waals surface area contributed by atoms with Gasteiger partial charge in [-0.05, 0) is 69.2 Å². The number of hydrogen-bond acceptors (Lipinski definition) is 8. The second-order valence-electron chi connectivity index (χ2n) is 13.6. The van der Waals surface area contributed by atoms with E-state index >= 15 is 0 Å². The van der Waals surface area contributed by atoms with E-state index < -0.39 is 42.3 Å². The number of ether oxygens (including phenoxy) is 1. The van der Waals surface area contributed by atoms with Gasteiger partial charge in [-0.15, -0.1) is 13.2 Å². The highest BCUT2D eigenvalue weighted by Gasteiger charge is 2.67. The molecule has 2 N–H and O–H groups in total. The number of carbonyl (C=O) groups excluding carboxylic acids is 4. The Hall–Kier alpha value is -4.40. The number of carbonyl (C=O) groups is 4. The molecule has 3 aromatic rings. The molecule has 3 aliphatic rings. The Morgan fingerprint density at radius 1 is 1.08 bits per heavy atom. The molecule has 1 aromatic carbocycles. The second kappa shape index (κ2) is 13.5. The summed E-state index contributed by atoms with van der Waals surface area (Å²) in [5.74, 6) is -0.761. The second-order valence-corrected chi connectivity index (χ2v) is 13.6. The van der Waals surface area contributed by atoms with Gasteiger partial charge in [0.25, 0.3) is 0 Å². The molecule has 0 spiro atoms. The van der Waals surface area contributed by atoms with Crippen molar-refractivity contribution in [2.75, 3.05) is 13.2 Å². The van der Waals surface area contributed by atoms with Crippen LogP contribution in [0.2, 0.25) is 0 Å². The lowest BCUT2D eigenvalue weighted by atomic mass is 9.96.